The van der Waals surface area contributed by atoms with Gasteiger partial charge >= 0.3 is 5.97 Å². The molecule has 0 saturated heterocycles. The number of rotatable bonds is 2. The molecule has 0 saturated carbocycles. The third-order valence-corrected chi connectivity index (χ3v) is 3.10. The SMILES string of the molecule is CCOC(=O)[C@H]1COc2c(Cl)cc(Cl)cc2C1. The van der Waals surface area contributed by atoms with Gasteiger partial charge in [0.25, 0.3) is 0 Å². The van der Waals surface area contributed by atoms with Crippen molar-refractivity contribution in [1.29, 1.82) is 0 Å². The maximum atomic E-state index is 11.6. The standard InChI is InChI=1S/C12H12Cl2O3/c1-2-16-12(15)8-3-7-4-9(13)5-10(14)11(7)17-6-8/h4-5,8H,2-3,6H2,1H3/t8-/m1/s1. The first-order valence-corrected chi connectivity index (χ1v) is 6.14. The fourth-order valence-corrected chi connectivity index (χ4v) is 2.44. The van der Waals surface area contributed by atoms with Crippen LogP contribution in [0.2, 0.25) is 10.0 Å². The first kappa shape index (κ1) is 12.5. The van der Waals surface area contributed by atoms with Crippen LogP contribution < -0.4 is 4.74 Å². The Kier molecular flexibility index (Phi) is 3.79. The lowest BCUT2D eigenvalue weighted by Gasteiger charge is -2.24. The van der Waals surface area contributed by atoms with Crippen LogP contribution in [0.3, 0.4) is 0 Å². The minimum Gasteiger partial charge on any atom is -0.491 e. The molecule has 3 nitrogen and oxygen atoms in total. The molecular formula is C12H12Cl2O3. The molecule has 0 fully saturated rings. The van der Waals surface area contributed by atoms with E-state index in [1.165, 1.54) is 0 Å². The molecule has 0 aliphatic carbocycles. The van der Waals surface area contributed by atoms with Gasteiger partial charge in [0.15, 0.2) is 0 Å². The Balaban J connectivity index is 2.21. The van der Waals surface area contributed by atoms with E-state index in [1.807, 2.05) is 0 Å². The maximum absolute atomic E-state index is 11.6. The Morgan fingerprint density at radius 2 is 2.29 bits per heavy atom. The Hall–Kier alpha value is -0.930. The summed E-state index contributed by atoms with van der Waals surface area (Å²) in [6.45, 7) is 2.45. The number of carbonyl (C=O) groups is 1. The van der Waals surface area contributed by atoms with Gasteiger partial charge in [-0.15, -0.1) is 0 Å². The van der Waals surface area contributed by atoms with Crippen LogP contribution in [0.25, 0.3) is 0 Å². The lowest BCUT2D eigenvalue weighted by atomic mass is 9.97. The first-order chi connectivity index (χ1) is 8.11. The third-order valence-electron chi connectivity index (χ3n) is 2.60. The van der Waals surface area contributed by atoms with Crippen molar-refractivity contribution in [3.63, 3.8) is 0 Å². The molecule has 0 amide bonds. The summed E-state index contributed by atoms with van der Waals surface area (Å²) in [4.78, 5) is 11.6. The van der Waals surface area contributed by atoms with Gasteiger partial charge in [-0.1, -0.05) is 23.2 Å². The molecule has 92 valence electrons. The molecule has 1 aliphatic rings. The molecule has 0 bridgehead atoms. The van der Waals surface area contributed by atoms with Gasteiger partial charge in [0.2, 0.25) is 0 Å². The van der Waals surface area contributed by atoms with Crippen molar-refractivity contribution >= 4 is 29.2 Å². The lowest BCUT2D eigenvalue weighted by Crippen LogP contribution is -2.29. The number of hydrogen-bond acceptors (Lipinski definition) is 3. The second-order valence-corrected chi connectivity index (χ2v) is 4.68. The van der Waals surface area contributed by atoms with E-state index in [-0.39, 0.29) is 11.9 Å². The zero-order valence-electron chi connectivity index (χ0n) is 9.33. The summed E-state index contributed by atoms with van der Waals surface area (Å²) in [6.07, 6.45) is 0.550. The highest BCUT2D eigenvalue weighted by Crippen LogP contribution is 2.37. The summed E-state index contributed by atoms with van der Waals surface area (Å²) < 4.78 is 10.5. The van der Waals surface area contributed by atoms with Crippen LogP contribution in [0.15, 0.2) is 12.1 Å². The van der Waals surface area contributed by atoms with Crippen LogP contribution in [0.1, 0.15) is 12.5 Å². The van der Waals surface area contributed by atoms with E-state index in [0.717, 1.165) is 5.56 Å². The van der Waals surface area contributed by atoms with Crippen molar-refractivity contribution in [3.8, 4) is 5.75 Å². The van der Waals surface area contributed by atoms with Gasteiger partial charge in [-0.3, -0.25) is 4.79 Å². The number of halogens is 2. The number of esters is 1. The number of ether oxygens (including phenoxy) is 2. The van der Waals surface area contributed by atoms with Crippen LogP contribution in [-0.4, -0.2) is 19.2 Å². The predicted molar refractivity (Wildman–Crippen MR) is 65.8 cm³/mol. The monoisotopic (exact) mass is 274 g/mol. The van der Waals surface area contributed by atoms with Crippen molar-refractivity contribution in [2.45, 2.75) is 13.3 Å². The van der Waals surface area contributed by atoms with Crippen molar-refractivity contribution < 1.29 is 14.3 Å². The lowest BCUT2D eigenvalue weighted by molar-refractivity contribution is -0.149. The van der Waals surface area contributed by atoms with Crippen molar-refractivity contribution in [3.05, 3.63) is 27.7 Å². The van der Waals surface area contributed by atoms with Gasteiger partial charge in [0, 0.05) is 5.02 Å². The number of hydrogen-bond donors (Lipinski definition) is 0. The zero-order valence-corrected chi connectivity index (χ0v) is 10.8. The van der Waals surface area contributed by atoms with Crippen LogP contribution in [0, 0.1) is 5.92 Å². The molecule has 0 N–H and O–H groups in total. The minimum atomic E-state index is -0.281. The minimum absolute atomic E-state index is 0.241. The highest BCUT2D eigenvalue weighted by Gasteiger charge is 2.28. The van der Waals surface area contributed by atoms with Crippen LogP contribution in [0.5, 0.6) is 5.75 Å². The van der Waals surface area contributed by atoms with E-state index in [1.54, 1.807) is 19.1 Å². The first-order valence-electron chi connectivity index (χ1n) is 5.39. The molecule has 2 rings (SSSR count). The van der Waals surface area contributed by atoms with Gasteiger partial charge in [0.1, 0.15) is 12.4 Å². The molecule has 1 atom stereocenters. The molecule has 1 aromatic carbocycles. The quantitative estimate of drug-likeness (QED) is 0.778. The second kappa shape index (κ2) is 5.15. The highest BCUT2D eigenvalue weighted by molar-refractivity contribution is 6.35. The summed E-state index contributed by atoms with van der Waals surface area (Å²) in [5.74, 6) is 0.0999. The Bertz CT molecular complexity index is 446. The van der Waals surface area contributed by atoms with Crippen LogP contribution in [-0.2, 0) is 16.0 Å². The van der Waals surface area contributed by atoms with Gasteiger partial charge in [0.05, 0.1) is 17.5 Å². The number of carbonyl (C=O) groups excluding carboxylic acids is 1. The molecule has 0 spiro atoms. The Morgan fingerprint density at radius 3 is 3.00 bits per heavy atom. The van der Waals surface area contributed by atoms with E-state index < -0.39 is 0 Å². The van der Waals surface area contributed by atoms with Crippen LogP contribution >= 0.6 is 23.2 Å². The van der Waals surface area contributed by atoms with Crippen molar-refractivity contribution in [2.75, 3.05) is 13.2 Å². The largest absolute Gasteiger partial charge is 0.491 e. The van der Waals surface area contributed by atoms with E-state index in [4.69, 9.17) is 32.7 Å². The fourth-order valence-electron chi connectivity index (χ4n) is 1.85. The molecule has 1 aromatic rings. The molecule has 0 unspecified atom stereocenters. The Labute approximate surface area is 110 Å². The van der Waals surface area contributed by atoms with E-state index >= 15 is 0 Å². The molecule has 1 aliphatic heterocycles. The molecule has 0 aromatic heterocycles. The molecule has 5 heteroatoms. The summed E-state index contributed by atoms with van der Waals surface area (Å²) in [5, 5.41) is 1.02. The summed E-state index contributed by atoms with van der Waals surface area (Å²) >= 11 is 11.9. The smallest absolute Gasteiger partial charge is 0.312 e. The number of fused-ring (bicyclic) bond motifs is 1. The summed E-state index contributed by atoms with van der Waals surface area (Å²) in [5.41, 5.74) is 0.854. The van der Waals surface area contributed by atoms with Gasteiger partial charge in [-0.25, -0.2) is 0 Å². The molecule has 0 radical (unpaired) electrons. The molecule has 1 heterocycles. The normalized spacial score (nSPS) is 18.2. The zero-order chi connectivity index (χ0) is 12.4. The van der Waals surface area contributed by atoms with Crippen molar-refractivity contribution in [2.24, 2.45) is 5.92 Å². The third kappa shape index (κ3) is 2.67. The van der Waals surface area contributed by atoms with E-state index in [9.17, 15) is 4.79 Å². The average Bonchev–Trinajstić information content (AvgIpc) is 2.28. The summed E-state index contributed by atoms with van der Waals surface area (Å²) in [6, 6.07) is 3.40. The van der Waals surface area contributed by atoms with E-state index in [0.29, 0.717) is 35.4 Å². The fraction of sp³-hybridized carbons (Fsp3) is 0.417. The Morgan fingerprint density at radius 1 is 1.53 bits per heavy atom. The molecular weight excluding hydrogens is 263 g/mol. The maximum Gasteiger partial charge on any atom is 0.312 e. The molecule has 17 heavy (non-hydrogen) atoms. The average molecular weight is 275 g/mol. The summed E-state index contributed by atoms with van der Waals surface area (Å²) in [7, 11) is 0. The predicted octanol–water partition coefficient (Wildman–Crippen LogP) is 3.11. The topological polar surface area (TPSA) is 35.5 Å². The van der Waals surface area contributed by atoms with Crippen LogP contribution in [0.4, 0.5) is 0 Å². The van der Waals surface area contributed by atoms with Gasteiger partial charge < -0.3 is 9.47 Å². The number of benzene rings is 1. The highest BCUT2D eigenvalue weighted by atomic mass is 35.5. The van der Waals surface area contributed by atoms with Gasteiger partial charge in [-0.05, 0) is 31.0 Å². The van der Waals surface area contributed by atoms with Gasteiger partial charge in [-0.2, -0.15) is 0 Å². The van der Waals surface area contributed by atoms with Crippen molar-refractivity contribution in [1.82, 2.24) is 0 Å². The second-order valence-electron chi connectivity index (χ2n) is 3.84. The van der Waals surface area contributed by atoms with E-state index in [2.05, 4.69) is 0 Å².